The van der Waals surface area contributed by atoms with Gasteiger partial charge in [0.25, 0.3) is 0 Å². The molecule has 2 aromatic heterocycles. The molecule has 4 aromatic carbocycles. The Kier molecular flexibility index (Phi) is 15.4. The maximum atomic E-state index is 13.3. The number of aliphatic hydroxyl groups is 4. The molecule has 76 heavy (non-hydrogen) atoms. The lowest BCUT2D eigenvalue weighted by Crippen LogP contribution is -2.52. The molecule has 4 aliphatic rings. The highest BCUT2D eigenvalue weighted by atomic mass is 79.9. The highest BCUT2D eigenvalue weighted by Gasteiger charge is 2.78. The first-order valence-corrected chi connectivity index (χ1v) is 24.5. The van der Waals surface area contributed by atoms with Gasteiger partial charge >= 0.3 is 12.4 Å². The summed E-state index contributed by atoms with van der Waals surface area (Å²) in [5.41, 5.74) is -4.29. The van der Waals surface area contributed by atoms with Crippen molar-refractivity contribution in [2.75, 3.05) is 54.5 Å². The van der Waals surface area contributed by atoms with Gasteiger partial charge in [0.2, 0.25) is 0 Å². The molecule has 13 nitrogen and oxygen atoms in total. The molecule has 0 unspecified atom stereocenters. The van der Waals surface area contributed by atoms with Gasteiger partial charge in [0.15, 0.2) is 22.4 Å². The molecule has 10 rings (SSSR count). The Morgan fingerprint density at radius 2 is 0.987 bits per heavy atom. The molecule has 2 saturated carbocycles. The summed E-state index contributed by atoms with van der Waals surface area (Å²) in [5, 5.41) is 58.5. The molecule has 20 heteroatoms. The predicted molar refractivity (Wildman–Crippen MR) is 270 cm³/mol. The van der Waals surface area contributed by atoms with E-state index in [-0.39, 0.29) is 54.6 Å². The monoisotopic (exact) mass is 1120 g/mol. The zero-order chi connectivity index (χ0) is 53.9. The second kappa shape index (κ2) is 20.9. The molecule has 0 bridgehead atoms. The number of halogens is 7. The molecule has 4 heterocycles. The molecule has 4 N–H and O–H groups in total. The number of nitrogens with zero attached hydrogens (tertiary/aromatic N) is 5. The first-order valence-electron chi connectivity index (χ1n) is 23.7. The number of nitriles is 1. The summed E-state index contributed by atoms with van der Waals surface area (Å²) in [7, 11) is 5.50. The van der Waals surface area contributed by atoms with Crippen molar-refractivity contribution >= 4 is 15.9 Å². The second-order valence-electron chi connectivity index (χ2n) is 19.5. The van der Waals surface area contributed by atoms with Gasteiger partial charge in [-0.15, -0.1) is 0 Å². The standard InChI is InChI=1S/C28H26F3N3O4.C27H26BrF3N2O4.CH4/c1-34(16-26(29,30)31)15-20-23(18-6-4-3-5-7-18)28(19-10-8-17(12-32)9-11-19)27(36,25(20)35)24-21(37-2)13-33-14-22(24)38-28;1-33(15-25(29,30)31)14-19-22(16-6-4-3-5-7-16)27(17-8-10-18(28)11-9-17)26(35,24(19)34)23-20(36-2)12-32-13-21(23)37-27;/h3-11,13-14,20,23,25,35-36H,15-16H2,1-2H3;3-13,19,22,24,34-35H,14-15H2,1-2H3;1H4/t20-,23-,25-,27+,28+;19-,22-,24-,26+,27+;/m11./s1. The van der Waals surface area contributed by atoms with Crippen LogP contribution in [-0.2, 0) is 22.4 Å². The van der Waals surface area contributed by atoms with Gasteiger partial charge in [-0.2, -0.15) is 31.6 Å². The molecular weight excluding hydrogens is 1060 g/mol. The van der Waals surface area contributed by atoms with Gasteiger partial charge in [-0.05, 0) is 60.6 Å². The van der Waals surface area contributed by atoms with E-state index in [1.54, 1.807) is 78.9 Å². The van der Waals surface area contributed by atoms with E-state index >= 15 is 0 Å². The SMILES string of the molecule is C.COc1cncc2c1[C@]1(O)[C@H](O)[C@H](CN(C)CC(F)(F)F)[C@@H](c3ccccc3)[C@]1(c1ccc(Br)cc1)O2.COc1cncc2c1[C@]1(O)[C@H](O)[C@H](CN(C)CC(F)(F)F)[C@@H](c3ccccc3)[C@]1(c1ccc(C#N)cc1)O2. The molecule has 10 atom stereocenters. The van der Waals surface area contributed by atoms with Crippen LogP contribution in [0, 0.1) is 23.2 Å². The van der Waals surface area contributed by atoms with E-state index in [2.05, 4.69) is 32.0 Å². The van der Waals surface area contributed by atoms with Gasteiger partial charge in [0, 0.05) is 41.2 Å². The summed E-state index contributed by atoms with van der Waals surface area (Å²) in [4.78, 5) is 10.5. The van der Waals surface area contributed by atoms with E-state index in [0.717, 1.165) is 14.3 Å². The normalized spacial score (nSPS) is 27.9. The van der Waals surface area contributed by atoms with Crippen LogP contribution in [0.1, 0.15) is 58.2 Å². The van der Waals surface area contributed by atoms with E-state index < -0.39 is 83.7 Å². The molecule has 0 amide bonds. The van der Waals surface area contributed by atoms with Gasteiger partial charge < -0.3 is 39.4 Å². The summed E-state index contributed by atoms with van der Waals surface area (Å²) in [5.74, 6) is -2.44. The highest BCUT2D eigenvalue weighted by Crippen LogP contribution is 2.71. The van der Waals surface area contributed by atoms with Gasteiger partial charge in [-0.3, -0.25) is 19.8 Å². The lowest BCUT2D eigenvalue weighted by Gasteiger charge is -2.41. The van der Waals surface area contributed by atoms with Gasteiger partial charge in [-0.25, -0.2) is 0 Å². The Morgan fingerprint density at radius 1 is 0.618 bits per heavy atom. The Bertz CT molecular complexity index is 3050. The first-order chi connectivity index (χ1) is 35.6. The highest BCUT2D eigenvalue weighted by molar-refractivity contribution is 9.10. The van der Waals surface area contributed by atoms with Crippen LogP contribution in [0.25, 0.3) is 0 Å². The van der Waals surface area contributed by atoms with Crippen LogP contribution in [0.15, 0.2) is 138 Å². The van der Waals surface area contributed by atoms with Crippen molar-refractivity contribution in [3.05, 3.63) is 177 Å². The van der Waals surface area contributed by atoms with Crippen LogP contribution < -0.4 is 18.9 Å². The maximum Gasteiger partial charge on any atom is 0.401 e. The largest absolute Gasteiger partial charge is 0.495 e. The van der Waals surface area contributed by atoms with Crippen LogP contribution >= 0.6 is 15.9 Å². The average Bonchev–Trinajstić information content (AvgIpc) is 4.11. The number of methoxy groups -OCH3 is 2. The van der Waals surface area contributed by atoms with E-state index in [0.29, 0.717) is 27.8 Å². The molecule has 2 aliphatic carbocycles. The molecular formula is C56H56BrF6N5O8. The number of fused-ring (bicyclic) bond motifs is 6. The van der Waals surface area contributed by atoms with E-state index in [4.69, 9.17) is 18.9 Å². The molecule has 0 spiro atoms. The van der Waals surface area contributed by atoms with Crippen LogP contribution in [0.3, 0.4) is 0 Å². The Hall–Kier alpha value is -6.31. The smallest absolute Gasteiger partial charge is 0.401 e. The Balaban J connectivity index is 0.000000199. The van der Waals surface area contributed by atoms with Crippen molar-refractivity contribution in [2.45, 2.75) is 66.2 Å². The third-order valence-electron chi connectivity index (χ3n) is 15.0. The third kappa shape index (κ3) is 9.12. The fourth-order valence-corrected chi connectivity index (χ4v) is 12.7. The molecule has 2 aliphatic heterocycles. The molecule has 0 radical (unpaired) electrons. The summed E-state index contributed by atoms with van der Waals surface area (Å²) in [6.07, 6.45) is -6.25. The molecule has 402 valence electrons. The number of aromatic nitrogens is 2. The fraction of sp³-hybridized carbons (Fsp3) is 0.375. The van der Waals surface area contributed by atoms with Gasteiger partial charge in [0.05, 0.1) is 87.1 Å². The number of pyridine rings is 2. The number of hydrogen-bond donors (Lipinski definition) is 4. The van der Waals surface area contributed by atoms with Crippen molar-refractivity contribution in [3.8, 4) is 29.1 Å². The molecule has 0 saturated heterocycles. The minimum atomic E-state index is -4.45. The number of rotatable bonds is 12. The van der Waals surface area contributed by atoms with Crippen molar-refractivity contribution in [2.24, 2.45) is 11.8 Å². The van der Waals surface area contributed by atoms with E-state index in [9.17, 15) is 52.0 Å². The van der Waals surface area contributed by atoms with E-state index in [1.165, 1.54) is 53.1 Å². The minimum absolute atomic E-state index is 0. The summed E-state index contributed by atoms with van der Waals surface area (Å²) >= 11 is 3.44. The van der Waals surface area contributed by atoms with Gasteiger partial charge in [-0.1, -0.05) is 108 Å². The first kappa shape index (κ1) is 55.9. The topological polar surface area (TPSA) is 174 Å². The van der Waals surface area contributed by atoms with Crippen LogP contribution in [0.2, 0.25) is 0 Å². The number of alkyl halides is 6. The Morgan fingerprint density at radius 3 is 1.33 bits per heavy atom. The Labute approximate surface area is 444 Å². The number of hydrogen-bond acceptors (Lipinski definition) is 13. The van der Waals surface area contributed by atoms with Gasteiger partial charge in [0.1, 0.15) is 23.0 Å². The summed E-state index contributed by atoms with van der Waals surface area (Å²) in [6, 6.07) is 33.7. The zero-order valence-corrected chi connectivity index (χ0v) is 42.4. The second-order valence-corrected chi connectivity index (χ2v) is 20.4. The number of aliphatic hydroxyl groups excluding tert-OH is 2. The lowest BCUT2D eigenvalue weighted by atomic mass is 9.70. The van der Waals surface area contributed by atoms with Crippen molar-refractivity contribution in [1.82, 2.24) is 19.8 Å². The third-order valence-corrected chi connectivity index (χ3v) is 15.5. The quantitative estimate of drug-likeness (QED) is 0.0857. The van der Waals surface area contributed by atoms with Crippen molar-refractivity contribution in [1.29, 1.82) is 5.26 Å². The predicted octanol–water partition coefficient (Wildman–Crippen LogP) is 8.94. The minimum Gasteiger partial charge on any atom is -0.495 e. The van der Waals surface area contributed by atoms with Crippen LogP contribution in [-0.4, -0.2) is 119 Å². The summed E-state index contributed by atoms with van der Waals surface area (Å²) < 4.78 is 105. The maximum absolute atomic E-state index is 13.3. The molecule has 6 aromatic rings. The lowest BCUT2D eigenvalue weighted by molar-refractivity contribution is -0.155. The van der Waals surface area contributed by atoms with Crippen LogP contribution in [0.5, 0.6) is 23.0 Å². The molecule has 2 fully saturated rings. The summed E-state index contributed by atoms with van der Waals surface area (Å²) in [6.45, 7) is -2.68. The van der Waals surface area contributed by atoms with Crippen molar-refractivity contribution in [3.63, 3.8) is 0 Å². The average molecular weight is 1120 g/mol. The van der Waals surface area contributed by atoms with Crippen molar-refractivity contribution < 1.29 is 65.7 Å². The fourth-order valence-electron chi connectivity index (χ4n) is 12.4. The van der Waals surface area contributed by atoms with E-state index in [1.807, 2.05) is 30.3 Å². The number of benzene rings is 4. The van der Waals surface area contributed by atoms with Crippen LogP contribution in [0.4, 0.5) is 26.3 Å². The zero-order valence-electron chi connectivity index (χ0n) is 40.8. The number of ether oxygens (including phenoxy) is 4.